The van der Waals surface area contributed by atoms with Gasteiger partial charge in [0, 0.05) is 17.2 Å². The van der Waals surface area contributed by atoms with E-state index < -0.39 is 11.5 Å². The van der Waals surface area contributed by atoms with Crippen molar-refractivity contribution in [2.24, 2.45) is 5.73 Å². The van der Waals surface area contributed by atoms with Crippen LogP contribution in [0.3, 0.4) is 0 Å². The van der Waals surface area contributed by atoms with Crippen LogP contribution in [0, 0.1) is 0 Å². The number of benzene rings is 1. The number of nitrogens with two attached hydrogens (primary N) is 1. The summed E-state index contributed by atoms with van der Waals surface area (Å²) in [6.07, 6.45) is 2.62. The number of hydrogen-bond acceptors (Lipinski definition) is 5. The number of carbonyl (C=O) groups excluding carboxylic acids is 1. The van der Waals surface area contributed by atoms with Crippen LogP contribution in [0.2, 0.25) is 0 Å². The van der Waals surface area contributed by atoms with E-state index >= 15 is 0 Å². The largest absolute Gasteiger partial charge is 0.507 e. The maximum atomic E-state index is 11.7. The summed E-state index contributed by atoms with van der Waals surface area (Å²) in [5, 5.41) is 9.99. The van der Waals surface area contributed by atoms with Gasteiger partial charge in [-0.3, -0.25) is 0 Å². The quantitative estimate of drug-likeness (QED) is 0.796. The Hall–Kier alpha value is -1.75. The van der Waals surface area contributed by atoms with Gasteiger partial charge in [0.15, 0.2) is 0 Å². The molecule has 0 atom stereocenters. The van der Waals surface area contributed by atoms with E-state index in [0.29, 0.717) is 5.56 Å². The van der Waals surface area contributed by atoms with Gasteiger partial charge in [0.1, 0.15) is 17.1 Å². The van der Waals surface area contributed by atoms with Gasteiger partial charge in [-0.2, -0.15) is 0 Å². The molecule has 1 aliphatic carbocycles. The number of esters is 1. The molecule has 0 unspecified atom stereocenters. The van der Waals surface area contributed by atoms with E-state index in [1.54, 1.807) is 6.07 Å². The third-order valence-electron chi connectivity index (χ3n) is 3.51. The first kappa shape index (κ1) is 12.7. The molecule has 0 radical (unpaired) electrons. The lowest BCUT2D eigenvalue weighted by atomic mass is 9.72. The fraction of sp³-hybridized carbons (Fsp3) is 0.462. The highest BCUT2D eigenvalue weighted by Gasteiger charge is 2.37. The van der Waals surface area contributed by atoms with Gasteiger partial charge in [0.25, 0.3) is 0 Å². The molecular weight excluding hydrogens is 234 g/mol. The number of methoxy groups -OCH3 is 2. The molecule has 1 aliphatic rings. The molecule has 0 aliphatic heterocycles. The second kappa shape index (κ2) is 4.49. The molecule has 0 spiro atoms. The average Bonchev–Trinajstić information content (AvgIpc) is 2.34. The summed E-state index contributed by atoms with van der Waals surface area (Å²) in [5.41, 5.74) is 6.49. The maximum absolute atomic E-state index is 11.7. The van der Waals surface area contributed by atoms with E-state index in [1.807, 2.05) is 0 Å². The standard InChI is InChI=1S/C13H17NO4/c1-17-11-7-10(15)9(13(14)4-3-5-13)6-8(11)12(16)18-2/h6-7,15H,3-5,14H2,1-2H3. The zero-order chi connectivity index (χ0) is 13.3. The second-order valence-electron chi connectivity index (χ2n) is 4.57. The Bertz CT molecular complexity index is 480. The van der Waals surface area contributed by atoms with Crippen molar-refractivity contribution in [2.45, 2.75) is 24.8 Å². The first-order chi connectivity index (χ1) is 8.51. The van der Waals surface area contributed by atoms with E-state index in [0.717, 1.165) is 19.3 Å². The van der Waals surface area contributed by atoms with Crippen molar-refractivity contribution in [3.05, 3.63) is 23.3 Å². The van der Waals surface area contributed by atoms with Crippen LogP contribution in [0.25, 0.3) is 0 Å². The zero-order valence-electron chi connectivity index (χ0n) is 10.5. The van der Waals surface area contributed by atoms with Gasteiger partial charge < -0.3 is 20.3 Å². The summed E-state index contributed by atoms with van der Waals surface area (Å²) in [6.45, 7) is 0. The number of ether oxygens (including phenoxy) is 2. The van der Waals surface area contributed by atoms with Crippen molar-refractivity contribution in [1.82, 2.24) is 0 Å². The molecule has 98 valence electrons. The van der Waals surface area contributed by atoms with Crippen LogP contribution in [0.4, 0.5) is 0 Å². The molecule has 0 amide bonds. The van der Waals surface area contributed by atoms with Crippen LogP contribution in [0.15, 0.2) is 12.1 Å². The molecule has 2 rings (SSSR count). The second-order valence-corrected chi connectivity index (χ2v) is 4.57. The van der Waals surface area contributed by atoms with Crippen LogP contribution in [-0.2, 0) is 10.3 Å². The Balaban J connectivity index is 2.52. The highest BCUT2D eigenvalue weighted by atomic mass is 16.5. The van der Waals surface area contributed by atoms with Crippen LogP contribution in [-0.4, -0.2) is 25.3 Å². The van der Waals surface area contributed by atoms with Crippen LogP contribution >= 0.6 is 0 Å². The fourth-order valence-electron chi connectivity index (χ4n) is 2.23. The topological polar surface area (TPSA) is 81.8 Å². The van der Waals surface area contributed by atoms with Gasteiger partial charge in [-0.1, -0.05) is 0 Å². The highest BCUT2D eigenvalue weighted by Crippen LogP contribution is 2.44. The lowest BCUT2D eigenvalue weighted by Gasteiger charge is -2.39. The van der Waals surface area contributed by atoms with Crippen molar-refractivity contribution in [3.63, 3.8) is 0 Å². The summed E-state index contributed by atoms with van der Waals surface area (Å²) < 4.78 is 9.76. The molecule has 0 aromatic heterocycles. The number of phenols is 1. The molecule has 18 heavy (non-hydrogen) atoms. The maximum Gasteiger partial charge on any atom is 0.341 e. The lowest BCUT2D eigenvalue weighted by Crippen LogP contribution is -2.43. The Morgan fingerprint density at radius 1 is 1.39 bits per heavy atom. The molecule has 0 bridgehead atoms. The SMILES string of the molecule is COC(=O)c1cc(C2(N)CCC2)c(O)cc1OC. The molecule has 0 heterocycles. The van der Waals surface area contributed by atoms with Crippen molar-refractivity contribution < 1.29 is 19.4 Å². The number of phenolic OH excluding ortho intramolecular Hbond substituents is 1. The van der Waals surface area contributed by atoms with Gasteiger partial charge in [0.2, 0.25) is 0 Å². The molecule has 3 N–H and O–H groups in total. The number of aromatic hydroxyl groups is 1. The number of rotatable bonds is 3. The first-order valence-corrected chi connectivity index (χ1v) is 5.80. The predicted molar refractivity (Wildman–Crippen MR) is 65.7 cm³/mol. The molecule has 5 nitrogen and oxygen atoms in total. The van der Waals surface area contributed by atoms with E-state index in [1.165, 1.54) is 20.3 Å². The van der Waals surface area contributed by atoms with Crippen molar-refractivity contribution in [1.29, 1.82) is 0 Å². The molecule has 1 fully saturated rings. The van der Waals surface area contributed by atoms with E-state index in [4.69, 9.17) is 15.2 Å². The normalized spacial score (nSPS) is 16.8. The summed E-state index contributed by atoms with van der Waals surface area (Å²) >= 11 is 0. The van der Waals surface area contributed by atoms with Gasteiger partial charge in [-0.15, -0.1) is 0 Å². The minimum Gasteiger partial charge on any atom is -0.507 e. The number of hydrogen-bond donors (Lipinski definition) is 2. The molecule has 0 saturated heterocycles. The van der Waals surface area contributed by atoms with E-state index in [-0.39, 0.29) is 17.1 Å². The summed E-state index contributed by atoms with van der Waals surface area (Å²) in [6, 6.07) is 2.98. The predicted octanol–water partition coefficient (Wildman–Crippen LogP) is 1.53. The third-order valence-corrected chi connectivity index (χ3v) is 3.51. The smallest absolute Gasteiger partial charge is 0.341 e. The highest BCUT2D eigenvalue weighted by molar-refractivity contribution is 5.93. The molecule has 5 heteroatoms. The third kappa shape index (κ3) is 1.90. The number of carbonyl (C=O) groups is 1. The lowest BCUT2D eigenvalue weighted by molar-refractivity contribution is 0.0596. The van der Waals surface area contributed by atoms with Crippen LogP contribution in [0.5, 0.6) is 11.5 Å². The van der Waals surface area contributed by atoms with Crippen LogP contribution < -0.4 is 10.5 Å². The molecule has 1 aromatic carbocycles. The van der Waals surface area contributed by atoms with Crippen LogP contribution in [0.1, 0.15) is 35.2 Å². The van der Waals surface area contributed by atoms with Gasteiger partial charge >= 0.3 is 5.97 Å². The van der Waals surface area contributed by atoms with Gasteiger partial charge in [-0.25, -0.2) is 4.79 Å². The monoisotopic (exact) mass is 251 g/mol. The minimum atomic E-state index is -0.543. The molecule has 1 saturated carbocycles. The Kier molecular flexibility index (Phi) is 3.17. The average molecular weight is 251 g/mol. The Morgan fingerprint density at radius 3 is 2.50 bits per heavy atom. The van der Waals surface area contributed by atoms with Gasteiger partial charge in [-0.05, 0) is 25.3 Å². The van der Waals surface area contributed by atoms with Gasteiger partial charge in [0.05, 0.1) is 14.2 Å². The first-order valence-electron chi connectivity index (χ1n) is 5.80. The van der Waals surface area contributed by atoms with E-state index in [9.17, 15) is 9.90 Å². The van der Waals surface area contributed by atoms with E-state index in [2.05, 4.69) is 0 Å². The zero-order valence-corrected chi connectivity index (χ0v) is 10.5. The minimum absolute atomic E-state index is 0.0571. The van der Waals surface area contributed by atoms with Crippen molar-refractivity contribution in [3.8, 4) is 11.5 Å². The van der Waals surface area contributed by atoms with Crippen molar-refractivity contribution in [2.75, 3.05) is 14.2 Å². The fourth-order valence-corrected chi connectivity index (χ4v) is 2.23. The summed E-state index contributed by atoms with van der Waals surface area (Å²) in [4.78, 5) is 11.7. The summed E-state index contributed by atoms with van der Waals surface area (Å²) in [5.74, 6) is -0.163. The molecule has 1 aromatic rings. The Morgan fingerprint density at radius 2 is 2.06 bits per heavy atom. The van der Waals surface area contributed by atoms with Crippen molar-refractivity contribution >= 4 is 5.97 Å². The molecular formula is C13H17NO4. The summed E-state index contributed by atoms with van der Waals surface area (Å²) in [7, 11) is 2.73. The Labute approximate surface area is 106 Å².